The van der Waals surface area contributed by atoms with Gasteiger partial charge in [-0.25, -0.2) is 9.37 Å². The van der Waals surface area contributed by atoms with E-state index in [-0.39, 0.29) is 32.9 Å². The second kappa shape index (κ2) is 12.4. The van der Waals surface area contributed by atoms with Crippen molar-refractivity contribution in [1.29, 1.82) is 0 Å². The second-order valence-corrected chi connectivity index (χ2v) is 13.6. The van der Waals surface area contributed by atoms with Gasteiger partial charge in [-0.2, -0.15) is 0 Å². The number of ether oxygens (including phenoxy) is 1. The Morgan fingerprint density at radius 2 is 1.74 bits per heavy atom. The van der Waals surface area contributed by atoms with Crippen LogP contribution in [0.25, 0.3) is 22.2 Å². The average molecular weight is 662 g/mol. The summed E-state index contributed by atoms with van der Waals surface area (Å²) in [7, 11) is -0.927. The molecule has 0 saturated carbocycles. The van der Waals surface area contributed by atoms with Crippen LogP contribution in [0.2, 0.25) is 5.15 Å². The SMILES string of the molecule is Cc1cc(C(C)Nc2ccc(Cl)nc2-c2cc(C=O)c(B3OC(C)(C)C(C)(C)O3)cc2F)c2oc(N3CCOCC3)c(C)c(=O)c2c1. The Hall–Kier alpha value is -3.77. The Morgan fingerprint density at radius 1 is 1.06 bits per heavy atom. The molecular formula is C35H38BClFN3O6. The number of carbonyl (C=O) groups excluding carboxylic acids is 1. The van der Waals surface area contributed by atoms with E-state index in [0.29, 0.717) is 60.7 Å². The summed E-state index contributed by atoms with van der Waals surface area (Å²) in [6, 6.07) is 9.40. The monoisotopic (exact) mass is 661 g/mol. The predicted octanol–water partition coefficient (Wildman–Crippen LogP) is 6.39. The third kappa shape index (κ3) is 6.06. The molecule has 47 heavy (non-hydrogen) atoms. The third-order valence-electron chi connectivity index (χ3n) is 9.43. The molecule has 2 saturated heterocycles. The van der Waals surface area contributed by atoms with E-state index in [2.05, 4.69) is 10.3 Å². The predicted molar refractivity (Wildman–Crippen MR) is 183 cm³/mol. The average Bonchev–Trinajstić information content (AvgIpc) is 3.25. The number of hydrogen-bond donors (Lipinski definition) is 1. The Bertz CT molecular complexity index is 1930. The summed E-state index contributed by atoms with van der Waals surface area (Å²) in [5.41, 5.74) is 2.48. The number of halogens is 2. The number of morpholine rings is 1. The first-order valence-electron chi connectivity index (χ1n) is 15.7. The molecule has 0 amide bonds. The van der Waals surface area contributed by atoms with E-state index in [4.69, 9.17) is 30.1 Å². The van der Waals surface area contributed by atoms with Crippen molar-refractivity contribution in [3.05, 3.63) is 79.8 Å². The maximum absolute atomic E-state index is 16.0. The molecule has 1 N–H and O–H groups in total. The van der Waals surface area contributed by atoms with E-state index in [1.165, 1.54) is 12.1 Å². The van der Waals surface area contributed by atoms with Gasteiger partial charge in [0.2, 0.25) is 5.88 Å². The molecule has 0 aliphatic carbocycles. The summed E-state index contributed by atoms with van der Waals surface area (Å²) in [6.07, 6.45) is 0.651. The van der Waals surface area contributed by atoms with Gasteiger partial charge >= 0.3 is 7.12 Å². The van der Waals surface area contributed by atoms with Crippen LogP contribution < -0.4 is 21.1 Å². The van der Waals surface area contributed by atoms with Crippen molar-refractivity contribution >= 4 is 53.0 Å². The van der Waals surface area contributed by atoms with E-state index in [1.807, 2.05) is 58.6 Å². The summed E-state index contributed by atoms with van der Waals surface area (Å²) in [6.45, 7) is 15.5. The van der Waals surface area contributed by atoms with Crippen LogP contribution in [-0.2, 0) is 14.0 Å². The first kappa shape index (κ1) is 33.1. The molecule has 0 radical (unpaired) electrons. The highest BCUT2D eigenvalue weighted by Crippen LogP contribution is 2.38. The molecular weight excluding hydrogens is 624 g/mol. The van der Waals surface area contributed by atoms with Crippen molar-refractivity contribution in [3.63, 3.8) is 0 Å². The number of aryl methyl sites for hydroxylation is 1. The highest BCUT2D eigenvalue weighted by atomic mass is 35.5. The minimum atomic E-state index is -0.927. The number of rotatable bonds is 7. The number of nitrogens with zero attached hydrogens (tertiary/aromatic N) is 2. The highest BCUT2D eigenvalue weighted by molar-refractivity contribution is 6.63. The number of aromatic nitrogens is 1. The Morgan fingerprint density at radius 3 is 2.40 bits per heavy atom. The molecule has 2 aromatic heterocycles. The Kier molecular flexibility index (Phi) is 8.71. The zero-order chi connectivity index (χ0) is 33.8. The smallest absolute Gasteiger partial charge is 0.440 e. The van der Waals surface area contributed by atoms with Crippen LogP contribution in [0, 0.1) is 19.7 Å². The van der Waals surface area contributed by atoms with Crippen LogP contribution in [-0.4, -0.2) is 55.9 Å². The lowest BCUT2D eigenvalue weighted by Gasteiger charge is -2.32. The number of carbonyl (C=O) groups is 1. The Balaban J connectivity index is 1.40. The molecule has 4 heterocycles. The lowest BCUT2D eigenvalue weighted by Crippen LogP contribution is -2.41. The number of nitrogens with one attached hydrogen (secondary N) is 1. The zero-order valence-electron chi connectivity index (χ0n) is 27.6. The van der Waals surface area contributed by atoms with E-state index >= 15 is 4.39 Å². The van der Waals surface area contributed by atoms with Crippen molar-refractivity contribution in [3.8, 4) is 11.3 Å². The number of aldehydes is 1. The van der Waals surface area contributed by atoms with Gasteiger partial charge in [0.15, 0.2) is 5.43 Å². The fourth-order valence-corrected chi connectivity index (χ4v) is 6.22. The largest absolute Gasteiger partial charge is 0.495 e. The van der Waals surface area contributed by atoms with Crippen LogP contribution in [0.15, 0.2) is 45.6 Å². The number of hydrogen-bond acceptors (Lipinski definition) is 9. The first-order chi connectivity index (χ1) is 22.2. The van der Waals surface area contributed by atoms with Gasteiger partial charge in [0.05, 0.1) is 52.8 Å². The first-order valence-corrected chi connectivity index (χ1v) is 16.1. The molecule has 1 atom stereocenters. The molecule has 6 rings (SSSR count). The van der Waals surface area contributed by atoms with E-state index < -0.39 is 30.2 Å². The molecule has 2 aliphatic rings. The van der Waals surface area contributed by atoms with E-state index in [1.54, 1.807) is 19.1 Å². The molecule has 2 aromatic carbocycles. The standard InChI is InChI=1S/C35H38BClFN3O6/c1-19-14-23(32-25(15-19)31(43)20(2)33(45-32)41-10-12-44-13-11-41)21(3)39-28-8-9-29(37)40-30(28)24-16-22(18-42)26(17-27(24)38)36-46-34(4,5)35(6,7)47-36/h8-9,14-18,21,39H,10-13H2,1-7H3. The molecule has 4 aromatic rings. The normalized spacial score (nSPS) is 18.1. The maximum Gasteiger partial charge on any atom is 0.495 e. The molecule has 1 unspecified atom stereocenters. The van der Waals surface area contributed by atoms with Gasteiger partial charge in [-0.1, -0.05) is 17.7 Å². The summed E-state index contributed by atoms with van der Waals surface area (Å²) >= 11 is 6.33. The fourth-order valence-electron chi connectivity index (χ4n) is 6.08. The minimum Gasteiger partial charge on any atom is -0.440 e. The van der Waals surface area contributed by atoms with Crippen molar-refractivity contribution < 1.29 is 27.6 Å². The number of fused-ring (bicyclic) bond motifs is 1. The van der Waals surface area contributed by atoms with Gasteiger partial charge in [-0.3, -0.25) is 9.59 Å². The lowest BCUT2D eigenvalue weighted by molar-refractivity contribution is 0.00578. The van der Waals surface area contributed by atoms with Crippen LogP contribution in [0.5, 0.6) is 0 Å². The lowest BCUT2D eigenvalue weighted by atomic mass is 9.75. The number of anilines is 2. The van der Waals surface area contributed by atoms with Crippen molar-refractivity contribution in [2.24, 2.45) is 0 Å². The summed E-state index contributed by atoms with van der Waals surface area (Å²) in [5.74, 6) is -0.0917. The van der Waals surface area contributed by atoms with Gasteiger partial charge in [0, 0.05) is 29.8 Å². The maximum atomic E-state index is 16.0. The summed E-state index contributed by atoms with van der Waals surface area (Å²) < 4.78 is 40.3. The van der Waals surface area contributed by atoms with Crippen LogP contribution in [0.1, 0.15) is 67.7 Å². The van der Waals surface area contributed by atoms with Crippen LogP contribution >= 0.6 is 11.6 Å². The number of pyridine rings is 1. The van der Waals surface area contributed by atoms with Gasteiger partial charge in [0.1, 0.15) is 22.8 Å². The molecule has 2 aliphatic heterocycles. The third-order valence-corrected chi connectivity index (χ3v) is 9.64. The molecule has 9 nitrogen and oxygen atoms in total. The number of benzene rings is 2. The van der Waals surface area contributed by atoms with E-state index in [9.17, 15) is 9.59 Å². The van der Waals surface area contributed by atoms with Gasteiger partial charge in [-0.05, 0) is 89.8 Å². The van der Waals surface area contributed by atoms with Crippen molar-refractivity contribution in [2.45, 2.75) is 65.7 Å². The summed E-state index contributed by atoms with van der Waals surface area (Å²) in [5, 5.41) is 4.07. The topological polar surface area (TPSA) is 103 Å². The quantitative estimate of drug-likeness (QED) is 0.137. The molecule has 12 heteroatoms. The van der Waals surface area contributed by atoms with Crippen molar-refractivity contribution in [1.82, 2.24) is 4.98 Å². The van der Waals surface area contributed by atoms with E-state index in [0.717, 1.165) is 11.1 Å². The molecule has 0 bridgehead atoms. The van der Waals surface area contributed by atoms with Crippen LogP contribution in [0.4, 0.5) is 16.0 Å². The van der Waals surface area contributed by atoms with Gasteiger partial charge in [0.25, 0.3) is 0 Å². The fraction of sp³-hybridized carbons (Fsp3) is 0.400. The minimum absolute atomic E-state index is 0.0791. The second-order valence-electron chi connectivity index (χ2n) is 13.3. The van der Waals surface area contributed by atoms with Gasteiger partial charge < -0.3 is 28.7 Å². The zero-order valence-corrected chi connectivity index (χ0v) is 28.4. The Labute approximate surface area is 278 Å². The van der Waals surface area contributed by atoms with Crippen molar-refractivity contribution in [2.75, 3.05) is 36.5 Å². The van der Waals surface area contributed by atoms with Gasteiger partial charge in [-0.15, -0.1) is 0 Å². The summed E-state index contributed by atoms with van der Waals surface area (Å²) in [4.78, 5) is 32.4. The highest BCUT2D eigenvalue weighted by Gasteiger charge is 2.52. The molecule has 246 valence electrons. The molecule has 0 spiro atoms. The van der Waals surface area contributed by atoms with Crippen LogP contribution in [0.3, 0.4) is 0 Å². The molecule has 2 fully saturated rings.